The highest BCUT2D eigenvalue weighted by atomic mass is 15.7. The number of hydrogen-bond donors (Lipinski definition) is 0. The molecule has 0 spiro atoms. The molecule has 3 aromatic heterocycles. The predicted molar refractivity (Wildman–Crippen MR) is 446 cm³/mol. The summed E-state index contributed by atoms with van der Waals surface area (Å²) in [6.07, 6.45) is 12.0. The molecule has 0 amide bonds. The number of benzene rings is 6. The lowest BCUT2D eigenvalue weighted by molar-refractivity contribution is -0.798. The molecule has 0 N–H and O–H groups in total. The van der Waals surface area contributed by atoms with Crippen molar-refractivity contribution in [3.8, 4) is 16.8 Å². The lowest BCUT2D eigenvalue weighted by atomic mass is 9.48. The highest BCUT2D eigenvalue weighted by molar-refractivity contribution is 6.81. The smallest absolute Gasteiger partial charge is 0.347 e. The monoisotopic (exact) mass is 1400 g/mol. The maximum Gasteiger partial charge on any atom is 0.429 e. The van der Waals surface area contributed by atoms with E-state index in [-0.39, 0.29) is 40.9 Å². The summed E-state index contributed by atoms with van der Waals surface area (Å²) < 4.78 is 8.77. The van der Waals surface area contributed by atoms with Gasteiger partial charge in [-0.05, 0) is 155 Å². The van der Waals surface area contributed by atoms with Crippen molar-refractivity contribution >= 4 is 72.1 Å². The van der Waals surface area contributed by atoms with Crippen LogP contribution in [0.3, 0.4) is 0 Å². The highest BCUT2D eigenvalue weighted by Gasteiger charge is 2.54. The first kappa shape index (κ1) is 77.4. The zero-order valence-electron chi connectivity index (χ0n) is 69.4. The van der Waals surface area contributed by atoms with Gasteiger partial charge in [0.1, 0.15) is 37.9 Å². The van der Waals surface area contributed by atoms with Gasteiger partial charge in [-0.15, -0.1) is 4.57 Å². The third-order valence-corrected chi connectivity index (χ3v) is 23.3. The van der Waals surface area contributed by atoms with E-state index in [1.165, 1.54) is 110 Å². The van der Waals surface area contributed by atoms with Gasteiger partial charge in [0.05, 0.1) is 29.8 Å². The molecule has 16 heteroatoms. The molecule has 9 aromatic rings. The molecule has 0 aliphatic carbocycles. The van der Waals surface area contributed by atoms with Gasteiger partial charge in [-0.1, -0.05) is 277 Å². The van der Waals surface area contributed by atoms with Crippen LogP contribution in [-0.4, -0.2) is 63.3 Å². The topological polar surface area (TPSA) is 46.5 Å². The van der Waals surface area contributed by atoms with Crippen LogP contribution in [0.4, 0.5) is 0 Å². The number of para-hydroxylation sites is 1. The first-order valence-electron chi connectivity index (χ1n) is 38.5. The Labute approximate surface area is 631 Å². The largest absolute Gasteiger partial charge is 0.429 e. The molecular weight excluding hydrogens is 1280 g/mol. The Hall–Kier alpha value is -8.74. The van der Waals surface area contributed by atoms with Gasteiger partial charge >= 0.3 is 39.5 Å². The Morgan fingerprint density at radius 1 is 0.390 bits per heavy atom. The van der Waals surface area contributed by atoms with Gasteiger partial charge in [0.25, 0.3) is 0 Å². The van der Waals surface area contributed by atoms with E-state index >= 15 is 0 Å². The molecule has 546 valence electrons. The molecule has 12 nitrogen and oxygen atoms in total. The van der Waals surface area contributed by atoms with Gasteiger partial charge in [-0.25, -0.2) is 14.8 Å². The van der Waals surface area contributed by atoms with Crippen LogP contribution < -0.4 is 75.1 Å². The van der Waals surface area contributed by atoms with E-state index in [4.69, 9.17) is 0 Å². The van der Waals surface area contributed by atoms with Crippen molar-refractivity contribution in [3.63, 3.8) is 0 Å². The lowest BCUT2D eigenvalue weighted by Crippen LogP contribution is -2.63. The van der Waals surface area contributed by atoms with E-state index in [1.54, 1.807) is 5.47 Å². The molecule has 5 aliphatic rings. The molecule has 105 heavy (non-hydrogen) atoms. The van der Waals surface area contributed by atoms with Crippen molar-refractivity contribution in [1.29, 1.82) is 0 Å². The first-order chi connectivity index (χ1) is 49.1. The first-order valence-corrected chi connectivity index (χ1v) is 38.5. The summed E-state index contributed by atoms with van der Waals surface area (Å²) in [6.45, 7) is 61.7. The number of aromatic nitrogens is 7. The third-order valence-electron chi connectivity index (χ3n) is 23.3. The Morgan fingerprint density at radius 2 is 0.724 bits per heavy atom. The molecule has 5 aliphatic heterocycles. The van der Waals surface area contributed by atoms with Crippen molar-refractivity contribution in [3.05, 3.63) is 242 Å². The van der Waals surface area contributed by atoms with Gasteiger partial charge in [-0.3, -0.25) is 0 Å². The summed E-state index contributed by atoms with van der Waals surface area (Å²) in [4.78, 5) is 16.6. The van der Waals surface area contributed by atoms with E-state index in [1.807, 2.05) is 0 Å². The molecule has 1 fully saturated rings. The highest BCUT2D eigenvalue weighted by Crippen LogP contribution is 2.49. The second-order valence-corrected chi connectivity index (χ2v) is 35.8. The molecule has 1 saturated heterocycles. The van der Waals surface area contributed by atoms with Crippen LogP contribution in [0, 0.1) is 34.0 Å². The summed E-state index contributed by atoms with van der Waals surface area (Å²) in [5.41, 5.74) is 15.7. The Morgan fingerprint density at radius 3 is 1.08 bits per heavy atom. The predicted octanol–water partition coefficient (Wildman–Crippen LogP) is 10.9. The molecule has 0 saturated carbocycles. The van der Waals surface area contributed by atoms with Crippen LogP contribution in [0.25, 0.3) is 61.5 Å². The molecule has 1 atom stereocenters. The fourth-order valence-electron chi connectivity index (χ4n) is 19.1. The van der Waals surface area contributed by atoms with Crippen LogP contribution in [0.2, 0.25) is 27.3 Å². The van der Waals surface area contributed by atoms with Gasteiger partial charge in [0.15, 0.2) is 12.7 Å². The molecule has 0 radical (unpaired) electrons. The van der Waals surface area contributed by atoms with E-state index in [9.17, 15) is 0 Å². The number of hydrazine groups is 1. The second kappa shape index (κ2) is 28.9. The number of hydrogen-bond acceptors (Lipinski definition) is 5. The Balaban J connectivity index is 0.000000141. The third kappa shape index (κ3) is 14.5. The molecule has 0 bridgehead atoms. The maximum atomic E-state index is 2.69. The minimum absolute atomic E-state index is 0.0740. The maximum absolute atomic E-state index is 2.69. The summed E-state index contributed by atoms with van der Waals surface area (Å²) >= 11 is 0. The van der Waals surface area contributed by atoms with Crippen molar-refractivity contribution in [2.45, 2.75) is 198 Å². The summed E-state index contributed by atoms with van der Waals surface area (Å²) in [5, 5.41) is 13.6. The van der Waals surface area contributed by atoms with Crippen LogP contribution in [0.5, 0.6) is 0 Å². The van der Waals surface area contributed by atoms with Gasteiger partial charge in [-0.2, -0.15) is 14.3 Å². The van der Waals surface area contributed by atoms with Crippen LogP contribution in [-0.2, 0) is 21.1 Å². The zero-order valence-corrected chi connectivity index (χ0v) is 69.4. The molecule has 14 rings (SSSR count). The van der Waals surface area contributed by atoms with E-state index in [0.29, 0.717) is 25.2 Å². The average molecular weight is 1400 g/mol. The zero-order chi connectivity index (χ0) is 76.7. The Bertz CT molecular complexity index is 5290. The number of rotatable bonds is 6. The van der Waals surface area contributed by atoms with Crippen LogP contribution in [0.1, 0.15) is 158 Å². The van der Waals surface area contributed by atoms with Gasteiger partial charge in [0, 0.05) is 44.6 Å². The molecule has 1 unspecified atom stereocenters. The summed E-state index contributed by atoms with van der Waals surface area (Å²) in [5.74, 6) is 1.17. The summed E-state index contributed by atoms with van der Waals surface area (Å²) in [7, 11) is 6.33. The fraction of sp³-hybridized carbons (Fsp3) is 0.416. The van der Waals surface area contributed by atoms with Gasteiger partial charge < -0.3 is 4.92 Å². The van der Waals surface area contributed by atoms with Crippen molar-refractivity contribution in [1.82, 2.24) is 24.3 Å². The molecule has 8 heterocycles. The second-order valence-electron chi connectivity index (χ2n) is 35.8. The quantitative estimate of drug-likeness (QED) is 0.123. The van der Waals surface area contributed by atoms with Gasteiger partial charge in [0.2, 0.25) is 0 Å². The normalized spacial score (nSPS) is 17.4. The lowest BCUT2D eigenvalue weighted by Gasteiger charge is -2.51. The average Bonchev–Trinajstić information content (AvgIpc) is 1.69. The minimum atomic E-state index is 0.0740. The standard InChI is InChI=1S/C24H31BN4.C24H29BN3.C23H37BN2.C18H25BN3/c1-18-21-15-11-12-16-22(21)23(24(3,4)5)25(6)29(18)28-17-27(19(2)26(28)7)20-13-9-8-10-14-20;1-18-21-14-10-11-15-22(21)23(24(2,3)4)25(5)28(18)27-17-20(16-26(27)6)19-12-8-7-9-13-19;1-16-18-13-11-12-14-19(18)20(21(3,4)5)24(10)26(16)25-17(2)22(6,7)15-23(25,8)9;1-14-15-10-7-8-11-16(15)17(18(2,3)4)19(5)22(14)21-13-9-12-20(21)6/h8-17H,1-7H3;7-17H,1-6H3;11-14,17H,15H2,1-10H3;7-13H,1-6H3/q+2;+1;;+1. The minimum Gasteiger partial charge on any atom is -0.347 e. The summed E-state index contributed by atoms with van der Waals surface area (Å²) in [6, 6.07) is 59.1. The number of fused-ring (bicyclic) bond motifs is 4. The molecular formula is C89H122B4N12+4. The SMILES string of the molecule is CB1C(C(C)(C)C)=c2ccccc2=C(C)N1N1C(C)C(C)(C)CC1(C)C.CB1C(C(C)(C)C)=c2ccccc2=C(C)N1n1c[n+](-c2ccccc2)c(C)[n+]1C.CB1C(C(C)(C)C)=c2ccccc2=C(C)N1n1cc(-c2ccccc2)c[n+]1C.CB1C(C(C)(C)C)=c2ccccc2=C(C)N1n1ccc[n+]1C. The number of nitrogens with zero attached hydrogens (tertiary/aromatic N) is 12. The van der Waals surface area contributed by atoms with E-state index in [2.05, 4.69) is 453 Å². The van der Waals surface area contributed by atoms with Crippen LogP contribution >= 0.6 is 0 Å². The van der Waals surface area contributed by atoms with Crippen molar-refractivity contribution < 1.29 is 18.6 Å². The van der Waals surface area contributed by atoms with E-state index in [0.717, 1.165) is 0 Å². The van der Waals surface area contributed by atoms with Crippen LogP contribution in [0.15, 0.2) is 195 Å². The molecule has 6 aromatic carbocycles. The van der Waals surface area contributed by atoms with Crippen molar-refractivity contribution in [2.24, 2.45) is 48.2 Å². The van der Waals surface area contributed by atoms with E-state index < -0.39 is 0 Å². The Kier molecular flexibility index (Phi) is 21.3. The van der Waals surface area contributed by atoms with Crippen molar-refractivity contribution in [2.75, 3.05) is 14.8 Å². The fourth-order valence-corrected chi connectivity index (χ4v) is 19.1. The number of aryl methyl sites for hydroxylation is 2.